The van der Waals surface area contributed by atoms with Crippen molar-refractivity contribution in [3.63, 3.8) is 0 Å². The van der Waals surface area contributed by atoms with E-state index in [1.807, 2.05) is 22.6 Å². The van der Waals surface area contributed by atoms with Gasteiger partial charge in [-0.05, 0) is 28.7 Å². The summed E-state index contributed by atoms with van der Waals surface area (Å²) >= 11 is 7.99. The number of H-pyrrole nitrogens is 1. The number of hydrogen-bond acceptors (Lipinski definition) is 4. The van der Waals surface area contributed by atoms with Gasteiger partial charge in [-0.1, -0.05) is 11.6 Å². The smallest absolute Gasteiger partial charge is 0.261 e. The van der Waals surface area contributed by atoms with E-state index in [4.69, 9.17) is 11.6 Å². The van der Waals surface area contributed by atoms with Gasteiger partial charge in [-0.25, -0.2) is 4.98 Å². The Morgan fingerprint density at radius 3 is 3.09 bits per heavy atom. The third-order valence-corrected chi connectivity index (χ3v) is 4.09. The lowest BCUT2D eigenvalue weighted by Gasteiger charge is -2.07. The van der Waals surface area contributed by atoms with Crippen molar-refractivity contribution >= 4 is 56.8 Å². The Morgan fingerprint density at radius 1 is 1.50 bits per heavy atom. The van der Waals surface area contributed by atoms with Crippen LogP contribution in [-0.2, 0) is 11.3 Å². The molecule has 0 fully saturated rings. The van der Waals surface area contributed by atoms with Crippen LogP contribution in [0.3, 0.4) is 0 Å². The minimum absolute atomic E-state index is 0.0224. The maximum Gasteiger partial charge on any atom is 0.261 e. The highest BCUT2D eigenvalue weighted by Crippen LogP contribution is 2.20. The zero-order valence-corrected chi connectivity index (χ0v) is 13.9. The summed E-state index contributed by atoms with van der Waals surface area (Å²) in [4.78, 5) is 34.4. The monoisotopic (exact) mass is 429 g/mol. The first-order valence-corrected chi connectivity index (χ1v) is 7.63. The van der Waals surface area contributed by atoms with Gasteiger partial charge in [-0.3, -0.25) is 14.6 Å². The van der Waals surface area contributed by atoms with Crippen LogP contribution in [0.1, 0.15) is 0 Å². The van der Waals surface area contributed by atoms with Crippen LogP contribution in [0.5, 0.6) is 0 Å². The van der Waals surface area contributed by atoms with Gasteiger partial charge >= 0.3 is 0 Å². The fourth-order valence-electron chi connectivity index (χ4n) is 2.03. The molecule has 0 aliphatic carbocycles. The van der Waals surface area contributed by atoms with Crippen molar-refractivity contribution in [2.45, 2.75) is 6.54 Å². The van der Waals surface area contributed by atoms with Gasteiger partial charge in [0.05, 0.1) is 22.4 Å². The number of nitrogens with one attached hydrogen (secondary N) is 2. The molecule has 3 aromatic rings. The van der Waals surface area contributed by atoms with Crippen LogP contribution in [-0.4, -0.2) is 25.4 Å². The summed E-state index contributed by atoms with van der Waals surface area (Å²) in [5.74, 6) is -0.275. The lowest BCUT2D eigenvalue weighted by Crippen LogP contribution is -2.19. The SMILES string of the molecule is O=C(Cn1cc(I)c2c(=O)[nH]cnc21)Nc1ccncc1Cl. The number of hydrogen-bond donors (Lipinski definition) is 2. The van der Waals surface area contributed by atoms with Crippen molar-refractivity contribution in [1.29, 1.82) is 0 Å². The van der Waals surface area contributed by atoms with E-state index in [0.717, 1.165) is 3.57 Å². The first kappa shape index (κ1) is 15.0. The summed E-state index contributed by atoms with van der Waals surface area (Å²) in [7, 11) is 0. The van der Waals surface area contributed by atoms with Gasteiger partial charge in [-0.2, -0.15) is 0 Å². The molecule has 2 N–H and O–H groups in total. The largest absolute Gasteiger partial charge is 0.323 e. The average molecular weight is 430 g/mol. The third-order valence-electron chi connectivity index (χ3n) is 2.97. The predicted molar refractivity (Wildman–Crippen MR) is 90.9 cm³/mol. The molecule has 0 spiro atoms. The number of rotatable bonds is 3. The highest BCUT2D eigenvalue weighted by molar-refractivity contribution is 14.1. The number of pyridine rings is 1. The minimum atomic E-state index is -0.275. The molecule has 112 valence electrons. The summed E-state index contributed by atoms with van der Waals surface area (Å²) in [5, 5.41) is 3.53. The first-order valence-electron chi connectivity index (χ1n) is 6.17. The molecule has 9 heteroatoms. The van der Waals surface area contributed by atoms with E-state index in [2.05, 4.69) is 20.3 Å². The molecule has 0 bridgehead atoms. The van der Waals surface area contributed by atoms with Crippen molar-refractivity contribution in [3.05, 3.63) is 49.9 Å². The summed E-state index contributed by atoms with van der Waals surface area (Å²) < 4.78 is 2.35. The first-order chi connectivity index (χ1) is 10.6. The molecule has 3 rings (SSSR count). The molecular weight excluding hydrogens is 421 g/mol. The molecule has 0 atom stereocenters. The molecule has 7 nitrogen and oxygen atoms in total. The molecule has 0 saturated carbocycles. The van der Waals surface area contributed by atoms with Gasteiger partial charge in [0.1, 0.15) is 12.2 Å². The Labute approximate surface area is 142 Å². The normalized spacial score (nSPS) is 10.8. The molecule has 22 heavy (non-hydrogen) atoms. The van der Waals surface area contributed by atoms with E-state index < -0.39 is 0 Å². The molecule has 3 aromatic heterocycles. The number of carbonyl (C=O) groups is 1. The Morgan fingerprint density at radius 2 is 2.32 bits per heavy atom. The van der Waals surface area contributed by atoms with Crippen LogP contribution in [0.25, 0.3) is 11.0 Å². The topological polar surface area (TPSA) is 92.7 Å². The molecule has 0 aliphatic heterocycles. The summed E-state index contributed by atoms with van der Waals surface area (Å²) in [6.07, 6.45) is 6.01. The summed E-state index contributed by atoms with van der Waals surface area (Å²) in [6, 6.07) is 1.61. The fourth-order valence-corrected chi connectivity index (χ4v) is 3.02. The molecule has 0 radical (unpaired) electrons. The Kier molecular flexibility index (Phi) is 4.12. The third kappa shape index (κ3) is 2.83. The minimum Gasteiger partial charge on any atom is -0.323 e. The number of fused-ring (bicyclic) bond motifs is 1. The van der Waals surface area contributed by atoms with E-state index in [1.54, 1.807) is 16.8 Å². The van der Waals surface area contributed by atoms with E-state index in [-0.39, 0.29) is 18.0 Å². The van der Waals surface area contributed by atoms with Gasteiger partial charge in [0.2, 0.25) is 5.91 Å². The lowest BCUT2D eigenvalue weighted by molar-refractivity contribution is -0.116. The quantitative estimate of drug-likeness (QED) is 0.623. The molecule has 0 aromatic carbocycles. The second-order valence-electron chi connectivity index (χ2n) is 4.44. The number of carbonyl (C=O) groups excluding carboxylic acids is 1. The summed E-state index contributed by atoms with van der Waals surface area (Å²) in [5.41, 5.74) is 0.716. The van der Waals surface area contributed by atoms with Crippen molar-refractivity contribution in [1.82, 2.24) is 19.5 Å². The van der Waals surface area contributed by atoms with Crippen LogP contribution in [0.4, 0.5) is 5.69 Å². The van der Waals surface area contributed by atoms with Crippen LogP contribution in [0.2, 0.25) is 5.02 Å². The number of aromatic amines is 1. The van der Waals surface area contributed by atoms with Crippen molar-refractivity contribution < 1.29 is 4.79 Å². The Bertz CT molecular complexity index is 920. The number of aromatic nitrogens is 4. The van der Waals surface area contributed by atoms with Crippen LogP contribution in [0.15, 0.2) is 35.8 Å². The van der Waals surface area contributed by atoms with E-state index in [9.17, 15) is 9.59 Å². The lowest BCUT2D eigenvalue weighted by atomic mass is 10.4. The zero-order valence-electron chi connectivity index (χ0n) is 11.0. The van der Waals surface area contributed by atoms with Gasteiger partial charge in [-0.15, -0.1) is 0 Å². The maximum atomic E-state index is 12.1. The Hall–Kier alpha value is -1.94. The highest BCUT2D eigenvalue weighted by atomic mass is 127. The van der Waals surface area contributed by atoms with E-state index >= 15 is 0 Å². The zero-order chi connectivity index (χ0) is 15.7. The highest BCUT2D eigenvalue weighted by Gasteiger charge is 2.14. The standard InChI is InChI=1S/C13H9ClIN5O2/c14-7-3-16-2-1-9(7)19-10(21)5-20-4-8(15)11-12(20)17-6-18-13(11)22/h1-4,6H,5H2,(H,16,19,21)(H,17,18,22). The Balaban J connectivity index is 1.88. The van der Waals surface area contributed by atoms with Crippen LogP contribution >= 0.6 is 34.2 Å². The van der Waals surface area contributed by atoms with Gasteiger partial charge < -0.3 is 14.9 Å². The number of amides is 1. The molecule has 0 aliphatic rings. The average Bonchev–Trinajstić information content (AvgIpc) is 2.79. The molecule has 0 saturated heterocycles. The molecule has 1 amide bonds. The fraction of sp³-hybridized carbons (Fsp3) is 0.0769. The number of halogens is 2. The summed E-state index contributed by atoms with van der Waals surface area (Å²) in [6.45, 7) is 0.0224. The van der Waals surface area contributed by atoms with Crippen LogP contribution < -0.4 is 10.9 Å². The second-order valence-corrected chi connectivity index (χ2v) is 6.01. The maximum absolute atomic E-state index is 12.1. The van der Waals surface area contributed by atoms with Gasteiger partial charge in [0, 0.05) is 22.2 Å². The van der Waals surface area contributed by atoms with Gasteiger partial charge in [0.15, 0.2) is 0 Å². The number of nitrogens with zero attached hydrogens (tertiary/aromatic N) is 3. The molecule has 3 heterocycles. The van der Waals surface area contributed by atoms with Crippen LogP contribution in [0, 0.1) is 3.57 Å². The van der Waals surface area contributed by atoms with Crippen molar-refractivity contribution in [2.75, 3.05) is 5.32 Å². The van der Waals surface area contributed by atoms with Crippen molar-refractivity contribution in [2.24, 2.45) is 0 Å². The van der Waals surface area contributed by atoms with E-state index in [0.29, 0.717) is 21.7 Å². The van der Waals surface area contributed by atoms with E-state index in [1.165, 1.54) is 18.7 Å². The number of anilines is 1. The predicted octanol–water partition coefficient (Wildman–Crippen LogP) is 2.02. The van der Waals surface area contributed by atoms with Gasteiger partial charge in [0.25, 0.3) is 5.56 Å². The van der Waals surface area contributed by atoms with Crippen molar-refractivity contribution in [3.8, 4) is 0 Å². The molecule has 0 unspecified atom stereocenters. The molecular formula is C13H9ClIN5O2. The second kappa shape index (κ2) is 6.05.